The van der Waals surface area contributed by atoms with Crippen LogP contribution in [0.1, 0.15) is 22.3 Å². The first-order valence-electron chi connectivity index (χ1n) is 4.86. The molecule has 2 rings (SSSR count). The van der Waals surface area contributed by atoms with Crippen molar-refractivity contribution < 1.29 is 13.7 Å². The quantitative estimate of drug-likeness (QED) is 0.831. The summed E-state index contributed by atoms with van der Waals surface area (Å²) < 4.78 is 9.74. The van der Waals surface area contributed by atoms with Crippen molar-refractivity contribution >= 4 is 5.91 Å². The number of carbonyl (C=O) groups is 1. The minimum absolute atomic E-state index is 0.245. The van der Waals surface area contributed by atoms with Gasteiger partial charge in [-0.15, -0.1) is 0 Å². The van der Waals surface area contributed by atoms with Crippen LogP contribution in [-0.4, -0.2) is 22.6 Å². The summed E-state index contributed by atoms with van der Waals surface area (Å²) in [6, 6.07) is 3.27. The van der Waals surface area contributed by atoms with Gasteiger partial charge in [-0.05, 0) is 12.1 Å². The zero-order chi connectivity index (χ0) is 11.4. The molecule has 0 aliphatic carbocycles. The van der Waals surface area contributed by atoms with Gasteiger partial charge in [0.15, 0.2) is 11.6 Å². The van der Waals surface area contributed by atoms with Gasteiger partial charge in [0, 0.05) is 19.9 Å². The monoisotopic (exact) mass is 221 g/mol. The molecule has 0 spiro atoms. The molecule has 0 saturated heterocycles. The number of aromatic nitrogens is 2. The standard InChI is InChI=1S/C10H11N3O3/c1-7-12-9(13-16-7)4-5-11-10(14)8-3-2-6-15-8/h2-3,6H,4-5H2,1H3,(H,11,14). The van der Waals surface area contributed by atoms with Gasteiger partial charge in [-0.1, -0.05) is 5.16 Å². The highest BCUT2D eigenvalue weighted by atomic mass is 16.5. The van der Waals surface area contributed by atoms with Crippen molar-refractivity contribution in [2.24, 2.45) is 0 Å². The second-order valence-electron chi connectivity index (χ2n) is 3.21. The fourth-order valence-electron chi connectivity index (χ4n) is 1.23. The fourth-order valence-corrected chi connectivity index (χ4v) is 1.23. The van der Waals surface area contributed by atoms with Crippen molar-refractivity contribution in [3.8, 4) is 0 Å². The Kier molecular flexibility index (Phi) is 3.00. The van der Waals surface area contributed by atoms with E-state index in [4.69, 9.17) is 8.94 Å². The molecule has 1 N–H and O–H groups in total. The van der Waals surface area contributed by atoms with Crippen molar-refractivity contribution in [1.29, 1.82) is 0 Å². The number of aryl methyl sites for hydroxylation is 1. The maximum Gasteiger partial charge on any atom is 0.286 e. The summed E-state index contributed by atoms with van der Waals surface area (Å²) in [4.78, 5) is 15.4. The minimum Gasteiger partial charge on any atom is -0.459 e. The molecule has 1 amide bonds. The van der Waals surface area contributed by atoms with Gasteiger partial charge >= 0.3 is 0 Å². The zero-order valence-corrected chi connectivity index (χ0v) is 8.77. The largest absolute Gasteiger partial charge is 0.459 e. The van der Waals surface area contributed by atoms with Crippen LogP contribution in [-0.2, 0) is 6.42 Å². The van der Waals surface area contributed by atoms with E-state index >= 15 is 0 Å². The first kappa shape index (κ1) is 10.4. The van der Waals surface area contributed by atoms with E-state index in [0.29, 0.717) is 30.4 Å². The summed E-state index contributed by atoms with van der Waals surface area (Å²) >= 11 is 0. The Morgan fingerprint density at radius 3 is 3.06 bits per heavy atom. The SMILES string of the molecule is Cc1nc(CCNC(=O)c2ccco2)no1. The number of furan rings is 1. The Morgan fingerprint density at radius 1 is 1.56 bits per heavy atom. The third-order valence-corrected chi connectivity index (χ3v) is 1.95. The van der Waals surface area contributed by atoms with Crippen LogP contribution in [0.2, 0.25) is 0 Å². The van der Waals surface area contributed by atoms with Gasteiger partial charge in [-0.25, -0.2) is 0 Å². The Bertz CT molecular complexity index is 461. The molecular formula is C10H11N3O3. The Balaban J connectivity index is 1.78. The molecule has 0 saturated carbocycles. The Labute approximate surface area is 91.6 Å². The fraction of sp³-hybridized carbons (Fsp3) is 0.300. The van der Waals surface area contributed by atoms with E-state index in [1.807, 2.05) is 0 Å². The van der Waals surface area contributed by atoms with Crippen LogP contribution in [0.25, 0.3) is 0 Å². The molecule has 2 aromatic rings. The lowest BCUT2D eigenvalue weighted by Gasteiger charge is -1.99. The number of amides is 1. The first-order chi connectivity index (χ1) is 7.75. The van der Waals surface area contributed by atoms with Gasteiger partial charge in [-0.3, -0.25) is 4.79 Å². The molecule has 0 unspecified atom stereocenters. The second-order valence-corrected chi connectivity index (χ2v) is 3.21. The number of hydrogen-bond donors (Lipinski definition) is 1. The first-order valence-corrected chi connectivity index (χ1v) is 4.86. The topological polar surface area (TPSA) is 81.2 Å². The average molecular weight is 221 g/mol. The van der Waals surface area contributed by atoms with Crippen LogP contribution in [0.3, 0.4) is 0 Å². The van der Waals surface area contributed by atoms with E-state index in [9.17, 15) is 4.79 Å². The van der Waals surface area contributed by atoms with Gasteiger partial charge in [0.2, 0.25) is 5.89 Å². The van der Waals surface area contributed by atoms with Crippen LogP contribution in [0.4, 0.5) is 0 Å². The molecule has 16 heavy (non-hydrogen) atoms. The molecule has 0 aromatic carbocycles. The summed E-state index contributed by atoms with van der Waals surface area (Å²) in [5, 5.41) is 6.40. The van der Waals surface area contributed by atoms with Crippen molar-refractivity contribution in [2.75, 3.05) is 6.54 Å². The minimum atomic E-state index is -0.245. The van der Waals surface area contributed by atoms with E-state index in [1.165, 1.54) is 6.26 Å². The molecule has 2 heterocycles. The van der Waals surface area contributed by atoms with Gasteiger partial charge in [0.25, 0.3) is 5.91 Å². The average Bonchev–Trinajstić information content (AvgIpc) is 2.89. The molecule has 0 radical (unpaired) electrons. The number of nitrogens with one attached hydrogen (secondary N) is 1. The van der Waals surface area contributed by atoms with Crippen molar-refractivity contribution in [3.05, 3.63) is 35.9 Å². The highest BCUT2D eigenvalue weighted by molar-refractivity contribution is 5.91. The molecule has 6 heteroatoms. The van der Waals surface area contributed by atoms with Crippen LogP contribution >= 0.6 is 0 Å². The molecule has 84 valence electrons. The third-order valence-electron chi connectivity index (χ3n) is 1.95. The third kappa shape index (κ3) is 2.47. The predicted molar refractivity (Wildman–Crippen MR) is 53.8 cm³/mol. The zero-order valence-electron chi connectivity index (χ0n) is 8.77. The van der Waals surface area contributed by atoms with Crippen molar-refractivity contribution in [3.63, 3.8) is 0 Å². The van der Waals surface area contributed by atoms with Crippen molar-refractivity contribution in [2.45, 2.75) is 13.3 Å². The number of hydrogen-bond acceptors (Lipinski definition) is 5. The van der Waals surface area contributed by atoms with E-state index in [2.05, 4.69) is 15.5 Å². The molecule has 0 aliphatic rings. The normalized spacial score (nSPS) is 10.3. The smallest absolute Gasteiger partial charge is 0.286 e. The maximum absolute atomic E-state index is 11.4. The summed E-state index contributed by atoms with van der Waals surface area (Å²) in [7, 11) is 0. The second kappa shape index (κ2) is 4.61. The molecular weight excluding hydrogens is 210 g/mol. The maximum atomic E-state index is 11.4. The van der Waals surface area contributed by atoms with E-state index in [-0.39, 0.29) is 5.91 Å². The summed E-state index contributed by atoms with van der Waals surface area (Å²) in [6.45, 7) is 2.16. The van der Waals surface area contributed by atoms with Crippen LogP contribution in [0, 0.1) is 6.92 Å². The van der Waals surface area contributed by atoms with E-state index < -0.39 is 0 Å². The highest BCUT2D eigenvalue weighted by Gasteiger charge is 2.08. The van der Waals surface area contributed by atoms with Gasteiger partial charge in [0.05, 0.1) is 6.26 Å². The van der Waals surface area contributed by atoms with E-state index in [1.54, 1.807) is 19.1 Å². The summed E-state index contributed by atoms with van der Waals surface area (Å²) in [6.07, 6.45) is 1.99. The van der Waals surface area contributed by atoms with Gasteiger partial charge in [-0.2, -0.15) is 4.98 Å². The lowest BCUT2D eigenvalue weighted by molar-refractivity contribution is 0.0926. The number of nitrogens with zero attached hydrogens (tertiary/aromatic N) is 2. The molecule has 0 atom stereocenters. The van der Waals surface area contributed by atoms with Crippen LogP contribution < -0.4 is 5.32 Å². The molecule has 6 nitrogen and oxygen atoms in total. The lowest BCUT2D eigenvalue weighted by Crippen LogP contribution is -2.25. The molecule has 2 aromatic heterocycles. The molecule has 0 bridgehead atoms. The lowest BCUT2D eigenvalue weighted by atomic mass is 10.3. The Hall–Kier alpha value is -2.11. The summed E-state index contributed by atoms with van der Waals surface area (Å²) in [5.41, 5.74) is 0. The predicted octanol–water partition coefficient (Wildman–Crippen LogP) is 0.944. The highest BCUT2D eigenvalue weighted by Crippen LogP contribution is 1.99. The van der Waals surface area contributed by atoms with Crippen LogP contribution in [0.15, 0.2) is 27.3 Å². The Morgan fingerprint density at radius 2 is 2.44 bits per heavy atom. The number of rotatable bonds is 4. The van der Waals surface area contributed by atoms with Gasteiger partial charge in [0.1, 0.15) is 0 Å². The van der Waals surface area contributed by atoms with Crippen LogP contribution in [0.5, 0.6) is 0 Å². The van der Waals surface area contributed by atoms with Crippen molar-refractivity contribution in [1.82, 2.24) is 15.5 Å². The van der Waals surface area contributed by atoms with Gasteiger partial charge < -0.3 is 14.3 Å². The van der Waals surface area contributed by atoms with E-state index in [0.717, 1.165) is 0 Å². The molecule has 0 aliphatic heterocycles. The summed E-state index contributed by atoms with van der Waals surface area (Å²) in [5.74, 6) is 1.15. The number of carbonyl (C=O) groups excluding carboxylic acids is 1. The molecule has 0 fully saturated rings.